The van der Waals surface area contributed by atoms with E-state index in [2.05, 4.69) is 31.0 Å². The molecule has 0 aliphatic heterocycles. The van der Waals surface area contributed by atoms with Crippen molar-refractivity contribution < 1.29 is 5.11 Å². The summed E-state index contributed by atoms with van der Waals surface area (Å²) < 4.78 is 0. The summed E-state index contributed by atoms with van der Waals surface area (Å²) in [6.07, 6.45) is 5.23. The first-order valence-electron chi connectivity index (χ1n) is 7.56. The smallest absolute Gasteiger partial charge is 0.0678 e. The molecule has 0 saturated heterocycles. The Kier molecular flexibility index (Phi) is 4.97. The van der Waals surface area contributed by atoms with Crippen molar-refractivity contribution in [3.8, 4) is 0 Å². The molecule has 1 aromatic carbocycles. The maximum absolute atomic E-state index is 10.9. The molecule has 21 heavy (non-hydrogen) atoms. The quantitative estimate of drug-likeness (QED) is 0.855. The van der Waals surface area contributed by atoms with E-state index < -0.39 is 6.10 Å². The van der Waals surface area contributed by atoms with Crippen LogP contribution in [-0.2, 0) is 11.8 Å². The van der Waals surface area contributed by atoms with Gasteiger partial charge in [-0.3, -0.25) is 4.98 Å². The largest absolute Gasteiger partial charge is 0.398 e. The highest BCUT2D eigenvalue weighted by Gasteiger charge is 2.36. The molecule has 0 amide bonds. The molecule has 0 fully saturated rings. The Morgan fingerprint density at radius 1 is 1.14 bits per heavy atom. The second kappa shape index (κ2) is 6.72. The zero-order valence-corrected chi connectivity index (χ0v) is 12.8. The van der Waals surface area contributed by atoms with Crippen molar-refractivity contribution in [2.24, 2.45) is 0 Å². The number of nitrogens with zero attached hydrogens (tertiary/aromatic N) is 1. The molecule has 112 valence electrons. The topological polar surface area (TPSA) is 59.1 Å². The van der Waals surface area contributed by atoms with E-state index in [1.165, 1.54) is 5.56 Å². The number of anilines is 1. The molecule has 0 bridgehead atoms. The average molecular weight is 284 g/mol. The molecule has 1 unspecified atom stereocenters. The molecule has 1 atom stereocenters. The summed E-state index contributed by atoms with van der Waals surface area (Å²) in [4.78, 5) is 4.11. The number of aliphatic hydroxyl groups excluding tert-OH is 1. The molecule has 0 saturated carbocycles. The van der Waals surface area contributed by atoms with E-state index in [0.717, 1.165) is 18.4 Å². The van der Waals surface area contributed by atoms with Crippen LogP contribution < -0.4 is 5.73 Å². The number of benzene rings is 1. The summed E-state index contributed by atoms with van der Waals surface area (Å²) in [7, 11) is 0. The molecule has 2 aromatic rings. The Bertz CT molecular complexity index is 564. The van der Waals surface area contributed by atoms with E-state index in [1.54, 1.807) is 18.5 Å². The molecule has 0 radical (unpaired) electrons. The summed E-state index contributed by atoms with van der Waals surface area (Å²) in [5, 5.41) is 10.9. The molecule has 3 heteroatoms. The molecule has 0 spiro atoms. The third-order valence-electron chi connectivity index (χ3n) is 4.60. The Morgan fingerprint density at radius 2 is 1.81 bits per heavy atom. The lowest BCUT2D eigenvalue weighted by Gasteiger charge is -2.37. The Balaban J connectivity index is 2.32. The monoisotopic (exact) mass is 284 g/mol. The minimum atomic E-state index is -0.485. The summed E-state index contributed by atoms with van der Waals surface area (Å²) in [5.41, 5.74) is 8.52. The summed E-state index contributed by atoms with van der Waals surface area (Å²) in [6.45, 7) is 4.26. The minimum Gasteiger partial charge on any atom is -0.398 e. The molecular weight excluding hydrogens is 260 g/mol. The van der Waals surface area contributed by atoms with Crippen LogP contribution in [0.25, 0.3) is 0 Å². The van der Waals surface area contributed by atoms with Crippen LogP contribution >= 0.6 is 0 Å². The fourth-order valence-corrected chi connectivity index (χ4v) is 3.10. The third-order valence-corrected chi connectivity index (χ3v) is 4.60. The van der Waals surface area contributed by atoms with Crippen molar-refractivity contribution in [3.05, 3.63) is 59.9 Å². The lowest BCUT2D eigenvalue weighted by molar-refractivity contribution is 0.0734. The summed E-state index contributed by atoms with van der Waals surface area (Å²) >= 11 is 0. The zero-order chi connectivity index (χ0) is 15.3. The van der Waals surface area contributed by atoms with Gasteiger partial charge in [0.2, 0.25) is 0 Å². The van der Waals surface area contributed by atoms with Crippen LogP contribution in [0.15, 0.2) is 48.8 Å². The van der Waals surface area contributed by atoms with Crippen LogP contribution in [0.4, 0.5) is 5.69 Å². The van der Waals surface area contributed by atoms with Gasteiger partial charge < -0.3 is 10.8 Å². The predicted molar refractivity (Wildman–Crippen MR) is 87.1 cm³/mol. The highest BCUT2D eigenvalue weighted by atomic mass is 16.3. The Morgan fingerprint density at radius 3 is 2.38 bits per heavy atom. The maximum Gasteiger partial charge on any atom is 0.0678 e. The summed E-state index contributed by atoms with van der Waals surface area (Å²) in [5.74, 6) is 0. The maximum atomic E-state index is 10.9. The van der Waals surface area contributed by atoms with Gasteiger partial charge in [0.05, 0.1) is 6.10 Å². The molecule has 2 rings (SSSR count). The van der Waals surface area contributed by atoms with Crippen molar-refractivity contribution in [1.82, 2.24) is 4.98 Å². The Hall–Kier alpha value is -1.87. The van der Waals surface area contributed by atoms with Gasteiger partial charge in [-0.15, -0.1) is 0 Å². The van der Waals surface area contributed by atoms with Crippen LogP contribution in [0.5, 0.6) is 0 Å². The standard InChI is InChI=1S/C18H24N2O/c1-3-18(4-2,15-8-6-5-7-9-15)17(21)12-14-13-20-11-10-16(14)19/h5-11,13,17,21H,3-4,12H2,1-2H3,(H2,19,20). The lowest BCUT2D eigenvalue weighted by Crippen LogP contribution is -2.40. The van der Waals surface area contributed by atoms with Crippen molar-refractivity contribution >= 4 is 5.69 Å². The average Bonchev–Trinajstić information content (AvgIpc) is 2.52. The first-order valence-corrected chi connectivity index (χ1v) is 7.56. The van der Waals surface area contributed by atoms with E-state index in [0.29, 0.717) is 12.1 Å². The molecule has 1 aromatic heterocycles. The number of nitrogens with two attached hydrogens (primary N) is 1. The summed E-state index contributed by atoms with van der Waals surface area (Å²) in [6, 6.07) is 12.0. The van der Waals surface area contributed by atoms with E-state index in [-0.39, 0.29) is 5.41 Å². The number of nitrogen functional groups attached to an aromatic ring is 1. The van der Waals surface area contributed by atoms with Crippen LogP contribution in [-0.4, -0.2) is 16.2 Å². The van der Waals surface area contributed by atoms with E-state index in [1.807, 2.05) is 18.2 Å². The van der Waals surface area contributed by atoms with Gasteiger partial charge in [0.25, 0.3) is 0 Å². The predicted octanol–water partition coefficient (Wildman–Crippen LogP) is 3.33. The van der Waals surface area contributed by atoms with Crippen LogP contribution in [0, 0.1) is 0 Å². The second-order valence-electron chi connectivity index (χ2n) is 5.52. The normalized spacial score (nSPS) is 13.1. The molecular formula is C18H24N2O. The highest BCUT2D eigenvalue weighted by molar-refractivity contribution is 5.45. The van der Waals surface area contributed by atoms with Crippen molar-refractivity contribution in [2.75, 3.05) is 5.73 Å². The Labute approximate surface area is 126 Å². The van der Waals surface area contributed by atoms with Gasteiger partial charge in [0, 0.05) is 29.9 Å². The fourth-order valence-electron chi connectivity index (χ4n) is 3.10. The minimum absolute atomic E-state index is 0.246. The number of pyridine rings is 1. The zero-order valence-electron chi connectivity index (χ0n) is 12.8. The number of aromatic nitrogens is 1. The van der Waals surface area contributed by atoms with Crippen molar-refractivity contribution in [2.45, 2.75) is 44.6 Å². The van der Waals surface area contributed by atoms with E-state index >= 15 is 0 Å². The van der Waals surface area contributed by atoms with Crippen LogP contribution in [0.2, 0.25) is 0 Å². The van der Waals surface area contributed by atoms with Crippen molar-refractivity contribution in [3.63, 3.8) is 0 Å². The lowest BCUT2D eigenvalue weighted by atomic mass is 9.70. The fraction of sp³-hybridized carbons (Fsp3) is 0.389. The number of rotatable bonds is 6. The van der Waals surface area contributed by atoms with Gasteiger partial charge in [-0.05, 0) is 30.0 Å². The van der Waals surface area contributed by atoms with Crippen LogP contribution in [0.1, 0.15) is 37.8 Å². The number of hydrogen-bond acceptors (Lipinski definition) is 3. The van der Waals surface area contributed by atoms with E-state index in [9.17, 15) is 5.11 Å². The molecule has 3 N–H and O–H groups in total. The third kappa shape index (κ3) is 3.08. The van der Waals surface area contributed by atoms with Gasteiger partial charge in [-0.1, -0.05) is 44.2 Å². The number of hydrogen-bond donors (Lipinski definition) is 2. The molecule has 3 nitrogen and oxygen atoms in total. The first kappa shape index (κ1) is 15.5. The van der Waals surface area contributed by atoms with E-state index in [4.69, 9.17) is 5.73 Å². The van der Waals surface area contributed by atoms with Crippen LogP contribution in [0.3, 0.4) is 0 Å². The second-order valence-corrected chi connectivity index (χ2v) is 5.52. The van der Waals surface area contributed by atoms with Gasteiger partial charge >= 0.3 is 0 Å². The SMILES string of the molecule is CCC(CC)(c1ccccc1)C(O)Cc1cnccc1N. The molecule has 1 heterocycles. The molecule has 0 aliphatic carbocycles. The van der Waals surface area contributed by atoms with Crippen molar-refractivity contribution in [1.29, 1.82) is 0 Å². The highest BCUT2D eigenvalue weighted by Crippen LogP contribution is 2.37. The van der Waals surface area contributed by atoms with Gasteiger partial charge in [-0.25, -0.2) is 0 Å². The van der Waals surface area contributed by atoms with Gasteiger partial charge in [0.15, 0.2) is 0 Å². The molecule has 0 aliphatic rings. The van der Waals surface area contributed by atoms with Gasteiger partial charge in [-0.2, -0.15) is 0 Å². The first-order chi connectivity index (χ1) is 10.1. The van der Waals surface area contributed by atoms with Gasteiger partial charge in [0.1, 0.15) is 0 Å². The number of aliphatic hydroxyl groups is 1.